The molecule has 0 aliphatic heterocycles. The van der Waals surface area contributed by atoms with Gasteiger partial charge in [0.05, 0.1) is 6.10 Å². The lowest BCUT2D eigenvalue weighted by Gasteiger charge is -2.17. The van der Waals surface area contributed by atoms with Crippen LogP contribution in [0.25, 0.3) is 0 Å². The molecule has 7 nitrogen and oxygen atoms in total. The fraction of sp³-hybridized carbons (Fsp3) is 0.267. The van der Waals surface area contributed by atoms with Gasteiger partial charge in [-0.3, -0.25) is 13.9 Å². The van der Waals surface area contributed by atoms with E-state index in [-0.39, 0.29) is 17.9 Å². The molecule has 2 aromatic rings. The van der Waals surface area contributed by atoms with E-state index in [9.17, 15) is 20.0 Å². The Kier molecular flexibility index (Phi) is 5.34. The van der Waals surface area contributed by atoms with Gasteiger partial charge in [0, 0.05) is 30.7 Å². The molecular formula is C15H14Cl2N4O3. The largest absolute Gasteiger partial charge is 0.387 e. The topological polar surface area (TPSA) is 100 Å². The van der Waals surface area contributed by atoms with Crippen LogP contribution in [0, 0.1) is 11.3 Å². The van der Waals surface area contributed by atoms with Gasteiger partial charge in [0.2, 0.25) is 0 Å². The predicted molar refractivity (Wildman–Crippen MR) is 91.6 cm³/mol. The second kappa shape index (κ2) is 7.09. The minimum atomic E-state index is -1.01. The molecule has 1 atom stereocenters. The van der Waals surface area contributed by atoms with Crippen molar-refractivity contribution in [3.63, 3.8) is 0 Å². The molecule has 0 radical (unpaired) electrons. The fourth-order valence-corrected chi connectivity index (χ4v) is 2.77. The molecule has 1 aromatic carbocycles. The van der Waals surface area contributed by atoms with E-state index in [4.69, 9.17) is 23.2 Å². The molecule has 9 heteroatoms. The lowest BCUT2D eigenvalue weighted by molar-refractivity contribution is 0.191. The lowest BCUT2D eigenvalue weighted by Crippen LogP contribution is -2.40. The van der Waals surface area contributed by atoms with Gasteiger partial charge in [0.15, 0.2) is 5.56 Å². The highest BCUT2D eigenvalue weighted by molar-refractivity contribution is 6.34. The Labute approximate surface area is 147 Å². The Bertz CT molecular complexity index is 923. The van der Waals surface area contributed by atoms with Crippen LogP contribution < -0.4 is 16.6 Å². The molecule has 2 rings (SSSR count). The van der Waals surface area contributed by atoms with Crippen LogP contribution in [0.1, 0.15) is 17.2 Å². The van der Waals surface area contributed by atoms with Crippen molar-refractivity contribution in [3.05, 3.63) is 60.2 Å². The molecule has 0 aliphatic carbocycles. The van der Waals surface area contributed by atoms with Crippen LogP contribution in [0.5, 0.6) is 0 Å². The summed E-state index contributed by atoms with van der Waals surface area (Å²) in [6, 6.07) is 6.41. The van der Waals surface area contributed by atoms with Gasteiger partial charge >= 0.3 is 5.69 Å². The number of rotatable bonds is 4. The van der Waals surface area contributed by atoms with E-state index >= 15 is 0 Å². The summed E-state index contributed by atoms with van der Waals surface area (Å²) in [5.74, 6) is 0.0396. The third kappa shape index (κ3) is 3.46. The molecule has 0 amide bonds. The van der Waals surface area contributed by atoms with E-state index in [1.165, 1.54) is 20.2 Å². The molecule has 1 unspecified atom stereocenters. The number of anilines is 1. The molecule has 0 spiro atoms. The highest BCUT2D eigenvalue weighted by Crippen LogP contribution is 2.24. The number of nitriles is 1. The third-order valence-corrected chi connectivity index (χ3v) is 3.95. The van der Waals surface area contributed by atoms with Crippen molar-refractivity contribution >= 4 is 29.0 Å². The summed E-state index contributed by atoms with van der Waals surface area (Å²) in [6.07, 6.45) is -1.01. The molecule has 2 N–H and O–H groups in total. The van der Waals surface area contributed by atoms with Gasteiger partial charge in [-0.25, -0.2) is 4.79 Å². The number of aliphatic hydroxyl groups excluding tert-OH is 1. The Balaban J connectivity index is 2.34. The maximum absolute atomic E-state index is 12.0. The first-order chi connectivity index (χ1) is 11.3. The summed E-state index contributed by atoms with van der Waals surface area (Å²) in [5, 5.41) is 22.9. The van der Waals surface area contributed by atoms with Crippen LogP contribution in [-0.2, 0) is 14.1 Å². The number of aliphatic hydroxyl groups is 1. The summed E-state index contributed by atoms with van der Waals surface area (Å²) < 4.78 is 1.98. The number of nitrogens with zero attached hydrogens (tertiary/aromatic N) is 3. The van der Waals surface area contributed by atoms with Crippen molar-refractivity contribution in [2.75, 3.05) is 11.9 Å². The number of nitrogens with one attached hydrogen (secondary N) is 1. The number of benzene rings is 1. The SMILES string of the molecule is Cn1c(NCC(O)c2cc(Cl)cc(Cl)c2)c(C#N)c(=O)n(C)c1=O. The summed E-state index contributed by atoms with van der Waals surface area (Å²) in [6.45, 7) is -0.0498. The van der Waals surface area contributed by atoms with Crippen LogP contribution in [0.2, 0.25) is 10.0 Å². The van der Waals surface area contributed by atoms with Crippen molar-refractivity contribution in [2.24, 2.45) is 14.1 Å². The molecule has 1 aromatic heterocycles. The molecule has 0 saturated heterocycles. The highest BCUT2D eigenvalue weighted by Gasteiger charge is 2.17. The monoisotopic (exact) mass is 368 g/mol. The minimum Gasteiger partial charge on any atom is -0.387 e. The quantitative estimate of drug-likeness (QED) is 0.849. The zero-order chi connectivity index (χ0) is 18.0. The van der Waals surface area contributed by atoms with E-state index in [2.05, 4.69) is 5.32 Å². The molecule has 126 valence electrons. The smallest absolute Gasteiger partial charge is 0.332 e. The molecular weight excluding hydrogens is 355 g/mol. The van der Waals surface area contributed by atoms with E-state index in [0.29, 0.717) is 15.6 Å². The Morgan fingerprint density at radius 2 is 1.79 bits per heavy atom. The maximum atomic E-state index is 12.0. The number of hydrogen-bond acceptors (Lipinski definition) is 5. The standard InChI is InChI=1S/C15H14Cl2N4O3/c1-20-13(11(6-18)14(23)21(2)15(20)24)19-7-12(22)8-3-9(16)5-10(17)4-8/h3-5,12,19,22H,7H2,1-2H3. The summed E-state index contributed by atoms with van der Waals surface area (Å²) in [4.78, 5) is 23.9. The first-order valence-electron chi connectivity index (χ1n) is 6.84. The van der Waals surface area contributed by atoms with Gasteiger partial charge in [-0.15, -0.1) is 0 Å². The zero-order valence-corrected chi connectivity index (χ0v) is 14.4. The second-order valence-electron chi connectivity index (χ2n) is 5.14. The van der Waals surface area contributed by atoms with Gasteiger partial charge < -0.3 is 10.4 Å². The average molecular weight is 369 g/mol. The van der Waals surface area contributed by atoms with E-state index in [1.54, 1.807) is 18.2 Å². The van der Waals surface area contributed by atoms with Crippen molar-refractivity contribution in [3.8, 4) is 6.07 Å². The summed E-state index contributed by atoms with van der Waals surface area (Å²) in [5.41, 5.74) is -1.03. The Morgan fingerprint density at radius 1 is 1.21 bits per heavy atom. The maximum Gasteiger partial charge on any atom is 0.332 e. The van der Waals surface area contributed by atoms with Crippen LogP contribution in [0.3, 0.4) is 0 Å². The van der Waals surface area contributed by atoms with Crippen LogP contribution >= 0.6 is 23.2 Å². The van der Waals surface area contributed by atoms with Gasteiger partial charge in [0.1, 0.15) is 11.9 Å². The molecule has 1 heterocycles. The molecule has 0 fully saturated rings. The number of halogens is 2. The molecule has 0 saturated carbocycles. The number of hydrogen-bond donors (Lipinski definition) is 2. The Morgan fingerprint density at radius 3 is 2.33 bits per heavy atom. The summed E-state index contributed by atoms with van der Waals surface area (Å²) in [7, 11) is 2.71. The average Bonchev–Trinajstić information content (AvgIpc) is 2.53. The first-order valence-corrected chi connectivity index (χ1v) is 7.60. The van der Waals surface area contributed by atoms with Crippen LogP contribution in [0.4, 0.5) is 5.82 Å². The van der Waals surface area contributed by atoms with Gasteiger partial charge in [0.25, 0.3) is 5.56 Å². The van der Waals surface area contributed by atoms with Crippen LogP contribution in [-0.4, -0.2) is 20.8 Å². The van der Waals surface area contributed by atoms with Crippen molar-refractivity contribution in [2.45, 2.75) is 6.10 Å². The van der Waals surface area contributed by atoms with Gasteiger partial charge in [-0.2, -0.15) is 5.26 Å². The minimum absolute atomic E-state index is 0.0396. The first kappa shape index (κ1) is 18.1. The highest BCUT2D eigenvalue weighted by atomic mass is 35.5. The molecule has 24 heavy (non-hydrogen) atoms. The zero-order valence-electron chi connectivity index (χ0n) is 12.9. The van der Waals surface area contributed by atoms with E-state index in [1.807, 2.05) is 0 Å². The Hall–Kier alpha value is -2.27. The molecule has 0 bridgehead atoms. The fourth-order valence-electron chi connectivity index (χ4n) is 2.23. The van der Waals surface area contributed by atoms with Crippen molar-refractivity contribution < 1.29 is 5.11 Å². The lowest BCUT2D eigenvalue weighted by atomic mass is 10.1. The molecule has 0 aliphatic rings. The third-order valence-electron chi connectivity index (χ3n) is 3.51. The normalized spacial score (nSPS) is 11.8. The van der Waals surface area contributed by atoms with E-state index < -0.39 is 17.4 Å². The van der Waals surface area contributed by atoms with Crippen LogP contribution in [0.15, 0.2) is 27.8 Å². The predicted octanol–water partition coefficient (Wildman–Crippen LogP) is 1.41. The van der Waals surface area contributed by atoms with Crippen molar-refractivity contribution in [1.82, 2.24) is 9.13 Å². The number of aromatic nitrogens is 2. The van der Waals surface area contributed by atoms with Gasteiger partial charge in [-0.1, -0.05) is 23.2 Å². The summed E-state index contributed by atoms with van der Waals surface area (Å²) >= 11 is 11.8. The van der Waals surface area contributed by atoms with E-state index in [0.717, 1.165) is 9.13 Å². The van der Waals surface area contributed by atoms with Gasteiger partial charge in [-0.05, 0) is 23.8 Å². The second-order valence-corrected chi connectivity index (χ2v) is 6.01. The van der Waals surface area contributed by atoms with Crippen molar-refractivity contribution in [1.29, 1.82) is 5.26 Å².